The number of ether oxygens (including phenoxy) is 1. The number of piperazine rings is 1. The molecule has 0 spiro atoms. The van der Waals surface area contributed by atoms with Crippen molar-refractivity contribution in [3.63, 3.8) is 0 Å². The van der Waals surface area contributed by atoms with Gasteiger partial charge in [0.15, 0.2) is 0 Å². The third-order valence-corrected chi connectivity index (χ3v) is 5.45. The second-order valence-electron chi connectivity index (χ2n) is 7.65. The quantitative estimate of drug-likeness (QED) is 0.440. The van der Waals surface area contributed by atoms with Crippen LogP contribution in [0.4, 0.5) is 8.78 Å². The van der Waals surface area contributed by atoms with E-state index in [0.29, 0.717) is 6.54 Å². The number of benzene rings is 2. The minimum Gasteiger partial charge on any atom is -0.391 e. The van der Waals surface area contributed by atoms with Crippen LogP contribution in [0.1, 0.15) is 17.2 Å². The van der Waals surface area contributed by atoms with Crippen molar-refractivity contribution >= 4 is 0 Å². The summed E-state index contributed by atoms with van der Waals surface area (Å²) in [5.41, 5.74) is 1.50. The molecule has 1 atom stereocenters. The maximum atomic E-state index is 13.3. The average molecular weight is 408 g/mol. The lowest BCUT2D eigenvalue weighted by molar-refractivity contribution is -1.01. The molecule has 29 heavy (non-hydrogen) atoms. The van der Waals surface area contributed by atoms with E-state index in [0.717, 1.165) is 43.9 Å². The molecule has 1 saturated heterocycles. The smallest absolute Gasteiger partial charge is 0.127 e. The summed E-state index contributed by atoms with van der Waals surface area (Å²) in [5, 5.41) is 19.5. The van der Waals surface area contributed by atoms with E-state index in [1.54, 1.807) is 24.3 Å². The number of hydrogen-bond acceptors (Lipinski definition) is 3. The third kappa shape index (κ3) is 6.55. The van der Waals surface area contributed by atoms with E-state index >= 15 is 0 Å². The monoisotopic (exact) mass is 408 g/mol. The van der Waals surface area contributed by atoms with E-state index in [9.17, 15) is 13.9 Å². The lowest BCUT2D eigenvalue weighted by Crippen LogP contribution is -3.28. The Morgan fingerprint density at radius 1 is 0.828 bits per heavy atom. The first kappa shape index (κ1) is 21.8. The first-order chi connectivity index (χ1) is 14.0. The van der Waals surface area contributed by atoms with E-state index < -0.39 is 12.2 Å². The van der Waals surface area contributed by atoms with Crippen LogP contribution in [0.25, 0.3) is 0 Å². The molecular weight excluding hydrogens is 378 g/mol. The van der Waals surface area contributed by atoms with E-state index in [1.807, 2.05) is 0 Å². The Labute approximate surface area is 170 Å². The lowest BCUT2D eigenvalue weighted by atomic mass is 10.0. The zero-order chi connectivity index (χ0) is 20.6. The highest BCUT2D eigenvalue weighted by atomic mass is 19.1. The molecule has 0 aromatic heterocycles. The molecule has 2 aromatic carbocycles. The molecule has 3 rings (SSSR count). The van der Waals surface area contributed by atoms with Crippen LogP contribution in [-0.2, 0) is 4.74 Å². The van der Waals surface area contributed by atoms with Crippen molar-refractivity contribution in [2.75, 3.05) is 52.5 Å². The highest BCUT2D eigenvalue weighted by Crippen LogP contribution is 2.26. The minimum atomic E-state index is -0.632. The Bertz CT molecular complexity index is 689. The van der Waals surface area contributed by atoms with Gasteiger partial charge in [0.1, 0.15) is 63.1 Å². The van der Waals surface area contributed by atoms with Crippen LogP contribution >= 0.6 is 0 Å². The van der Waals surface area contributed by atoms with Crippen LogP contribution in [0, 0.1) is 11.6 Å². The number of rotatable bonds is 9. The molecule has 0 radical (unpaired) electrons. The topological polar surface area (TPSA) is 58.6 Å². The van der Waals surface area contributed by atoms with Gasteiger partial charge in [0.2, 0.25) is 0 Å². The second kappa shape index (κ2) is 10.8. The van der Waals surface area contributed by atoms with Gasteiger partial charge in [-0.1, -0.05) is 24.3 Å². The second-order valence-corrected chi connectivity index (χ2v) is 7.65. The number of hydrogen-bond donors (Lipinski definition) is 4. The summed E-state index contributed by atoms with van der Waals surface area (Å²) in [6.45, 7) is 5.57. The summed E-state index contributed by atoms with van der Waals surface area (Å²) in [7, 11) is 0. The molecule has 4 N–H and O–H groups in total. The third-order valence-electron chi connectivity index (χ3n) is 5.45. The summed E-state index contributed by atoms with van der Waals surface area (Å²) >= 11 is 0. The number of halogens is 2. The minimum absolute atomic E-state index is 0.135. The summed E-state index contributed by atoms with van der Waals surface area (Å²) in [4.78, 5) is 2.72. The van der Waals surface area contributed by atoms with Crippen LogP contribution in [0.15, 0.2) is 48.5 Å². The normalized spacial score (nSPS) is 20.7. The molecule has 2 aromatic rings. The van der Waals surface area contributed by atoms with Crippen molar-refractivity contribution in [1.82, 2.24) is 0 Å². The Balaban J connectivity index is 1.58. The first-order valence-electron chi connectivity index (χ1n) is 10.1. The molecule has 1 aliphatic heterocycles. The largest absolute Gasteiger partial charge is 0.391 e. The van der Waals surface area contributed by atoms with Gasteiger partial charge < -0.3 is 24.7 Å². The standard InChI is InChI=1S/C22H28F2N2O3/c23-19-5-1-17(2-6-19)22(18-3-7-20(24)8-4-18)29-16-21(28)15-26-11-9-25(10-12-26)13-14-27/h1-8,21-22,27-28H,9-16H2/p+2/t21-/m0/s1. The predicted octanol–water partition coefficient (Wildman–Crippen LogP) is -0.793. The maximum absolute atomic E-state index is 13.3. The lowest BCUT2D eigenvalue weighted by Gasteiger charge is -2.30. The molecule has 158 valence electrons. The first-order valence-corrected chi connectivity index (χ1v) is 10.1. The summed E-state index contributed by atoms with van der Waals surface area (Å²) < 4.78 is 32.6. The van der Waals surface area contributed by atoms with Crippen molar-refractivity contribution in [1.29, 1.82) is 0 Å². The Morgan fingerprint density at radius 3 is 1.79 bits per heavy atom. The molecule has 0 saturated carbocycles. The van der Waals surface area contributed by atoms with Gasteiger partial charge in [0.05, 0.1) is 13.2 Å². The van der Waals surface area contributed by atoms with Crippen molar-refractivity contribution < 1.29 is 33.5 Å². The van der Waals surface area contributed by atoms with Crippen LogP contribution in [0.5, 0.6) is 0 Å². The van der Waals surface area contributed by atoms with E-state index in [-0.39, 0.29) is 24.8 Å². The van der Waals surface area contributed by atoms with Gasteiger partial charge in [-0.05, 0) is 35.4 Å². The molecule has 7 heteroatoms. The highest BCUT2D eigenvalue weighted by molar-refractivity contribution is 5.30. The molecule has 5 nitrogen and oxygen atoms in total. The Kier molecular flexibility index (Phi) is 8.09. The molecule has 0 bridgehead atoms. The van der Waals surface area contributed by atoms with Gasteiger partial charge in [-0.2, -0.15) is 0 Å². The van der Waals surface area contributed by atoms with E-state index in [2.05, 4.69) is 0 Å². The number of aliphatic hydroxyl groups is 2. The fourth-order valence-electron chi connectivity index (χ4n) is 3.83. The van der Waals surface area contributed by atoms with Crippen molar-refractivity contribution in [3.8, 4) is 0 Å². The van der Waals surface area contributed by atoms with Crippen LogP contribution in [0.2, 0.25) is 0 Å². The average Bonchev–Trinajstić information content (AvgIpc) is 2.72. The Hall–Kier alpha value is -1.90. The number of aliphatic hydroxyl groups excluding tert-OH is 2. The van der Waals surface area contributed by atoms with Gasteiger partial charge in [0, 0.05) is 0 Å². The van der Waals surface area contributed by atoms with Crippen molar-refractivity contribution in [2.45, 2.75) is 12.2 Å². The summed E-state index contributed by atoms with van der Waals surface area (Å²) in [5.74, 6) is -0.671. The number of quaternary nitrogens is 2. The number of nitrogens with one attached hydrogen (secondary N) is 2. The van der Waals surface area contributed by atoms with Crippen molar-refractivity contribution in [2.24, 2.45) is 0 Å². The Morgan fingerprint density at radius 2 is 1.31 bits per heavy atom. The van der Waals surface area contributed by atoms with Crippen LogP contribution in [-0.4, -0.2) is 68.8 Å². The fraction of sp³-hybridized carbons (Fsp3) is 0.455. The van der Waals surface area contributed by atoms with Gasteiger partial charge in [-0.15, -0.1) is 0 Å². The van der Waals surface area contributed by atoms with E-state index in [4.69, 9.17) is 9.84 Å². The molecule has 0 aliphatic carbocycles. The van der Waals surface area contributed by atoms with Crippen molar-refractivity contribution in [3.05, 3.63) is 71.3 Å². The fourth-order valence-corrected chi connectivity index (χ4v) is 3.83. The SMILES string of the molecule is OCC[NH+]1CC[NH+](C[C@H](O)COC(c2ccc(F)cc2)c2ccc(F)cc2)CC1. The molecule has 1 aliphatic rings. The van der Waals surface area contributed by atoms with E-state index in [1.165, 1.54) is 34.1 Å². The van der Waals surface area contributed by atoms with Gasteiger partial charge in [0.25, 0.3) is 0 Å². The van der Waals surface area contributed by atoms with Gasteiger partial charge >= 0.3 is 0 Å². The van der Waals surface area contributed by atoms with Gasteiger partial charge in [-0.3, -0.25) is 0 Å². The zero-order valence-corrected chi connectivity index (χ0v) is 16.5. The van der Waals surface area contributed by atoms with Crippen LogP contribution in [0.3, 0.4) is 0 Å². The van der Waals surface area contributed by atoms with Crippen LogP contribution < -0.4 is 9.80 Å². The molecule has 0 amide bonds. The maximum Gasteiger partial charge on any atom is 0.127 e. The molecule has 1 heterocycles. The molecular formula is C22H30F2N2O3+2. The zero-order valence-electron chi connectivity index (χ0n) is 16.5. The highest BCUT2D eigenvalue weighted by Gasteiger charge is 2.25. The van der Waals surface area contributed by atoms with Gasteiger partial charge in [-0.25, -0.2) is 8.78 Å². The summed E-state index contributed by atoms with van der Waals surface area (Å²) in [6.07, 6.45) is -1.14. The summed E-state index contributed by atoms with van der Waals surface area (Å²) in [6, 6.07) is 12.0. The predicted molar refractivity (Wildman–Crippen MR) is 105 cm³/mol. The molecule has 0 unspecified atom stereocenters. The molecule has 1 fully saturated rings.